The quantitative estimate of drug-likeness (QED) is 0.663. The van der Waals surface area contributed by atoms with E-state index in [0.29, 0.717) is 17.0 Å². The van der Waals surface area contributed by atoms with Crippen LogP contribution in [0.5, 0.6) is 0 Å². The number of fused-ring (bicyclic) bond motifs is 1. The molecule has 1 heterocycles. The summed E-state index contributed by atoms with van der Waals surface area (Å²) in [4.78, 5) is 4.56. The van der Waals surface area contributed by atoms with Gasteiger partial charge < -0.3 is 0 Å². The molecule has 0 unspecified atom stereocenters. The Hall–Kier alpha value is -2.31. The summed E-state index contributed by atoms with van der Waals surface area (Å²) in [5, 5.41) is 9.25. The molecule has 0 atom stereocenters. The molecular formula is C17H14ClN3. The summed E-state index contributed by atoms with van der Waals surface area (Å²) in [7, 11) is 0. The van der Waals surface area contributed by atoms with Crippen LogP contribution in [0.1, 0.15) is 22.5 Å². The topological polar surface area (TPSA) is 41.6 Å². The normalized spacial score (nSPS) is 10.8. The molecule has 0 radical (unpaired) electrons. The Balaban J connectivity index is 2.42. The number of halogens is 1. The molecule has 0 spiro atoms. The van der Waals surface area contributed by atoms with Gasteiger partial charge in [-0.25, -0.2) is 4.98 Å². The first kappa shape index (κ1) is 13.7. The lowest BCUT2D eigenvalue weighted by molar-refractivity contribution is 0.969. The molecule has 1 aromatic heterocycles. The highest BCUT2D eigenvalue weighted by Gasteiger charge is 2.15. The van der Waals surface area contributed by atoms with Crippen LogP contribution in [0.4, 0.5) is 0 Å². The van der Waals surface area contributed by atoms with Crippen LogP contribution >= 0.6 is 11.6 Å². The van der Waals surface area contributed by atoms with Crippen molar-refractivity contribution in [3.8, 4) is 11.8 Å². The fourth-order valence-corrected chi connectivity index (χ4v) is 2.75. The van der Waals surface area contributed by atoms with Crippen molar-refractivity contribution in [1.29, 1.82) is 5.26 Å². The molecule has 0 bridgehead atoms. The van der Waals surface area contributed by atoms with Crippen LogP contribution in [0, 0.1) is 25.2 Å². The first-order chi connectivity index (χ1) is 10.2. The number of rotatable bonds is 2. The molecule has 2 aromatic carbocycles. The maximum Gasteiger partial charge on any atom is 0.129 e. The SMILES string of the molecule is Cc1cccc(-n2c(CCl)nc3c(C#N)cccc32)c1C. The van der Waals surface area contributed by atoms with E-state index in [1.54, 1.807) is 6.07 Å². The second-order valence-corrected chi connectivity index (χ2v) is 5.27. The summed E-state index contributed by atoms with van der Waals surface area (Å²) in [5.41, 5.74) is 5.65. The van der Waals surface area contributed by atoms with Crippen LogP contribution in [0.2, 0.25) is 0 Å². The van der Waals surface area contributed by atoms with E-state index in [4.69, 9.17) is 11.6 Å². The van der Waals surface area contributed by atoms with E-state index in [1.165, 1.54) is 11.1 Å². The highest BCUT2D eigenvalue weighted by atomic mass is 35.5. The van der Waals surface area contributed by atoms with Crippen molar-refractivity contribution in [1.82, 2.24) is 9.55 Å². The molecular weight excluding hydrogens is 282 g/mol. The van der Waals surface area contributed by atoms with E-state index < -0.39 is 0 Å². The second kappa shape index (κ2) is 5.23. The molecule has 0 aliphatic rings. The van der Waals surface area contributed by atoms with Gasteiger partial charge in [0.25, 0.3) is 0 Å². The van der Waals surface area contributed by atoms with Crippen molar-refractivity contribution in [2.45, 2.75) is 19.7 Å². The van der Waals surface area contributed by atoms with Gasteiger partial charge in [-0.2, -0.15) is 5.26 Å². The molecule has 21 heavy (non-hydrogen) atoms. The van der Waals surface area contributed by atoms with Crippen molar-refractivity contribution in [2.24, 2.45) is 0 Å². The van der Waals surface area contributed by atoms with Gasteiger partial charge >= 0.3 is 0 Å². The van der Waals surface area contributed by atoms with E-state index in [2.05, 4.69) is 37.0 Å². The maximum atomic E-state index is 9.25. The first-order valence-corrected chi connectivity index (χ1v) is 7.24. The van der Waals surface area contributed by atoms with Crippen LogP contribution in [0.15, 0.2) is 36.4 Å². The van der Waals surface area contributed by atoms with Gasteiger partial charge in [0.05, 0.1) is 22.6 Å². The lowest BCUT2D eigenvalue weighted by Gasteiger charge is -2.13. The first-order valence-electron chi connectivity index (χ1n) is 6.70. The number of alkyl halides is 1. The number of nitrogens with zero attached hydrogens (tertiary/aromatic N) is 3. The predicted octanol–water partition coefficient (Wildman–Crippen LogP) is 4.25. The van der Waals surface area contributed by atoms with Crippen molar-refractivity contribution in [2.75, 3.05) is 0 Å². The molecule has 3 aromatic rings. The zero-order chi connectivity index (χ0) is 15.0. The van der Waals surface area contributed by atoms with E-state index in [1.807, 2.05) is 22.8 Å². The average molecular weight is 296 g/mol. The molecule has 0 aliphatic heterocycles. The van der Waals surface area contributed by atoms with Gasteiger partial charge in [0.15, 0.2) is 0 Å². The van der Waals surface area contributed by atoms with Crippen LogP contribution in [-0.2, 0) is 5.88 Å². The second-order valence-electron chi connectivity index (χ2n) is 5.00. The number of imidazole rings is 1. The van der Waals surface area contributed by atoms with E-state index in [9.17, 15) is 5.26 Å². The molecule has 3 rings (SSSR count). The third-order valence-electron chi connectivity index (χ3n) is 3.81. The van der Waals surface area contributed by atoms with Crippen LogP contribution in [-0.4, -0.2) is 9.55 Å². The zero-order valence-electron chi connectivity index (χ0n) is 11.9. The van der Waals surface area contributed by atoms with Crippen molar-refractivity contribution < 1.29 is 0 Å². The number of aromatic nitrogens is 2. The lowest BCUT2D eigenvalue weighted by atomic mass is 10.1. The van der Waals surface area contributed by atoms with E-state index >= 15 is 0 Å². The number of hydrogen-bond acceptors (Lipinski definition) is 2. The number of nitriles is 1. The van der Waals surface area contributed by atoms with Gasteiger partial charge in [-0.1, -0.05) is 18.2 Å². The summed E-state index contributed by atoms with van der Waals surface area (Å²) in [6, 6.07) is 14.0. The van der Waals surface area contributed by atoms with Gasteiger partial charge in [0, 0.05) is 0 Å². The van der Waals surface area contributed by atoms with Gasteiger partial charge in [0.1, 0.15) is 17.4 Å². The molecule has 0 saturated carbocycles. The molecule has 4 heteroatoms. The van der Waals surface area contributed by atoms with Crippen molar-refractivity contribution in [3.05, 3.63) is 58.9 Å². The number of aryl methyl sites for hydroxylation is 1. The molecule has 0 aliphatic carbocycles. The Morgan fingerprint density at radius 2 is 1.95 bits per heavy atom. The third kappa shape index (κ3) is 2.09. The number of para-hydroxylation sites is 1. The fraction of sp³-hybridized carbons (Fsp3) is 0.176. The minimum absolute atomic E-state index is 0.299. The Bertz CT molecular complexity index is 872. The van der Waals surface area contributed by atoms with Crippen molar-refractivity contribution in [3.63, 3.8) is 0 Å². The monoisotopic (exact) mass is 295 g/mol. The minimum Gasteiger partial charge on any atom is -0.295 e. The third-order valence-corrected chi connectivity index (χ3v) is 4.05. The Labute approximate surface area is 128 Å². The van der Waals surface area contributed by atoms with Gasteiger partial charge in [-0.15, -0.1) is 11.6 Å². The summed E-state index contributed by atoms with van der Waals surface area (Å²) in [5.74, 6) is 1.05. The van der Waals surface area contributed by atoms with Crippen LogP contribution in [0.3, 0.4) is 0 Å². The summed E-state index contributed by atoms with van der Waals surface area (Å²) >= 11 is 6.07. The molecule has 0 amide bonds. The fourth-order valence-electron chi connectivity index (χ4n) is 2.57. The average Bonchev–Trinajstić information content (AvgIpc) is 2.88. The maximum absolute atomic E-state index is 9.25. The molecule has 104 valence electrons. The van der Waals surface area contributed by atoms with Crippen LogP contribution in [0.25, 0.3) is 16.7 Å². The zero-order valence-corrected chi connectivity index (χ0v) is 12.6. The highest BCUT2D eigenvalue weighted by molar-refractivity contribution is 6.17. The predicted molar refractivity (Wildman–Crippen MR) is 84.8 cm³/mol. The van der Waals surface area contributed by atoms with Crippen molar-refractivity contribution >= 4 is 22.6 Å². The summed E-state index contributed by atoms with van der Waals surface area (Å²) < 4.78 is 2.05. The Morgan fingerprint density at radius 3 is 2.67 bits per heavy atom. The van der Waals surface area contributed by atoms with Gasteiger partial charge in [0.2, 0.25) is 0 Å². The molecule has 3 nitrogen and oxygen atoms in total. The highest BCUT2D eigenvalue weighted by Crippen LogP contribution is 2.27. The largest absolute Gasteiger partial charge is 0.295 e. The van der Waals surface area contributed by atoms with Gasteiger partial charge in [-0.05, 0) is 43.2 Å². The van der Waals surface area contributed by atoms with E-state index in [-0.39, 0.29) is 0 Å². The summed E-state index contributed by atoms with van der Waals surface area (Å²) in [6.45, 7) is 4.17. The number of hydrogen-bond donors (Lipinski definition) is 0. The standard InChI is InChI=1S/C17H14ClN3/c1-11-5-3-7-14(12(11)2)21-15-8-4-6-13(10-19)17(15)20-16(21)9-18/h3-8H,9H2,1-2H3. The Morgan fingerprint density at radius 1 is 1.19 bits per heavy atom. The Kier molecular flexibility index (Phi) is 3.40. The minimum atomic E-state index is 0.299. The van der Waals surface area contributed by atoms with Gasteiger partial charge in [-0.3, -0.25) is 4.57 Å². The number of benzene rings is 2. The molecule has 0 fully saturated rings. The van der Waals surface area contributed by atoms with E-state index in [0.717, 1.165) is 17.0 Å². The smallest absolute Gasteiger partial charge is 0.129 e. The lowest BCUT2D eigenvalue weighted by Crippen LogP contribution is -2.02. The molecule has 0 saturated heterocycles. The summed E-state index contributed by atoms with van der Waals surface area (Å²) in [6.07, 6.45) is 0. The van der Waals surface area contributed by atoms with Crippen LogP contribution < -0.4 is 0 Å². The molecule has 0 N–H and O–H groups in total.